The number of carbonyl (C=O) groups excluding carboxylic acids is 1. The van der Waals surface area contributed by atoms with E-state index in [9.17, 15) is 9.18 Å². The quantitative estimate of drug-likeness (QED) is 0.817. The number of halogens is 1. The molecule has 0 spiro atoms. The molecular weight excluding hydrogens is 251 g/mol. The van der Waals surface area contributed by atoms with Crippen molar-refractivity contribution < 1.29 is 9.18 Å². The molecule has 0 saturated carbocycles. The molecule has 0 bridgehead atoms. The lowest BCUT2D eigenvalue weighted by Crippen LogP contribution is -2.09. The first kappa shape index (κ1) is 14.4. The molecule has 2 heteroatoms. The smallest absolute Gasteiger partial charge is 0.141 e. The van der Waals surface area contributed by atoms with Gasteiger partial charge in [-0.05, 0) is 55.2 Å². The molecule has 0 aliphatic carbocycles. The van der Waals surface area contributed by atoms with Gasteiger partial charge >= 0.3 is 0 Å². The Kier molecular flexibility index (Phi) is 4.33. The lowest BCUT2D eigenvalue weighted by atomic mass is 9.96. The van der Waals surface area contributed by atoms with E-state index in [0.717, 1.165) is 27.8 Å². The maximum Gasteiger partial charge on any atom is 0.141 e. The molecule has 20 heavy (non-hydrogen) atoms. The summed E-state index contributed by atoms with van der Waals surface area (Å²) in [6.07, 6.45) is 0.795. The minimum atomic E-state index is -0.256. The molecule has 2 aromatic rings. The number of rotatable bonds is 4. The summed E-state index contributed by atoms with van der Waals surface area (Å²) in [6, 6.07) is 10.7. The number of ketones is 1. The van der Waals surface area contributed by atoms with Crippen molar-refractivity contribution in [1.82, 2.24) is 0 Å². The van der Waals surface area contributed by atoms with Crippen molar-refractivity contribution in [2.45, 2.75) is 33.6 Å². The summed E-state index contributed by atoms with van der Waals surface area (Å²) in [4.78, 5) is 12.2. The van der Waals surface area contributed by atoms with Gasteiger partial charge in [-0.3, -0.25) is 4.79 Å². The van der Waals surface area contributed by atoms with Crippen LogP contribution in [0.25, 0.3) is 0 Å². The second-order valence-electron chi connectivity index (χ2n) is 5.39. The fraction of sp³-hybridized carbons (Fsp3) is 0.278. The number of hydrogen-bond donors (Lipinski definition) is 0. The Morgan fingerprint density at radius 3 is 2.30 bits per heavy atom. The number of carbonyl (C=O) groups is 1. The van der Waals surface area contributed by atoms with Crippen LogP contribution >= 0.6 is 0 Å². The van der Waals surface area contributed by atoms with Gasteiger partial charge in [-0.15, -0.1) is 0 Å². The van der Waals surface area contributed by atoms with Crippen molar-refractivity contribution in [2.75, 3.05) is 0 Å². The van der Waals surface area contributed by atoms with Crippen LogP contribution in [0.2, 0.25) is 0 Å². The molecule has 0 unspecified atom stereocenters. The van der Waals surface area contributed by atoms with Crippen LogP contribution in [0.3, 0.4) is 0 Å². The second-order valence-corrected chi connectivity index (χ2v) is 5.39. The topological polar surface area (TPSA) is 17.1 Å². The van der Waals surface area contributed by atoms with E-state index < -0.39 is 0 Å². The van der Waals surface area contributed by atoms with E-state index >= 15 is 0 Å². The normalized spacial score (nSPS) is 10.6. The maximum absolute atomic E-state index is 13.0. The Bertz CT molecular complexity index is 644. The van der Waals surface area contributed by atoms with Gasteiger partial charge in [0.05, 0.1) is 0 Å². The van der Waals surface area contributed by atoms with Crippen molar-refractivity contribution in [2.24, 2.45) is 0 Å². The molecule has 0 atom stereocenters. The first-order valence-corrected chi connectivity index (χ1v) is 6.78. The third-order valence-electron chi connectivity index (χ3n) is 3.58. The highest BCUT2D eigenvalue weighted by Gasteiger charge is 2.09. The van der Waals surface area contributed by atoms with Crippen LogP contribution in [-0.2, 0) is 17.6 Å². The van der Waals surface area contributed by atoms with Gasteiger partial charge in [0.1, 0.15) is 11.6 Å². The Morgan fingerprint density at radius 1 is 0.900 bits per heavy atom. The van der Waals surface area contributed by atoms with Crippen LogP contribution in [0.5, 0.6) is 0 Å². The van der Waals surface area contributed by atoms with Gasteiger partial charge < -0.3 is 0 Å². The van der Waals surface area contributed by atoms with Gasteiger partial charge in [-0.1, -0.05) is 29.8 Å². The molecule has 0 aromatic heterocycles. The van der Waals surface area contributed by atoms with Crippen molar-refractivity contribution in [1.29, 1.82) is 0 Å². The summed E-state index contributed by atoms with van der Waals surface area (Å²) >= 11 is 0. The molecule has 2 aromatic carbocycles. The summed E-state index contributed by atoms with van der Waals surface area (Å²) < 4.78 is 13.0. The van der Waals surface area contributed by atoms with Gasteiger partial charge in [0.25, 0.3) is 0 Å². The average Bonchev–Trinajstić information content (AvgIpc) is 2.37. The van der Waals surface area contributed by atoms with E-state index in [2.05, 4.69) is 6.07 Å². The van der Waals surface area contributed by atoms with Gasteiger partial charge in [-0.25, -0.2) is 4.39 Å². The predicted octanol–water partition coefficient (Wildman–Crippen LogP) is 4.11. The molecular formula is C18H19FO. The monoisotopic (exact) mass is 270 g/mol. The standard InChI is InChI=1S/C18H19FO/c1-12-4-5-13(2)16(8-12)11-18(20)10-15-6-7-17(19)9-14(15)3/h4-9H,10-11H2,1-3H3. The summed E-state index contributed by atoms with van der Waals surface area (Å²) in [5.41, 5.74) is 5.12. The Morgan fingerprint density at radius 2 is 1.60 bits per heavy atom. The van der Waals surface area contributed by atoms with Gasteiger partial charge in [0, 0.05) is 12.8 Å². The van der Waals surface area contributed by atoms with Crippen molar-refractivity contribution in [3.8, 4) is 0 Å². The zero-order valence-electron chi connectivity index (χ0n) is 12.2. The summed E-state index contributed by atoms with van der Waals surface area (Å²) in [7, 11) is 0. The first-order valence-electron chi connectivity index (χ1n) is 6.78. The lowest BCUT2D eigenvalue weighted by molar-refractivity contribution is -0.117. The second kappa shape index (κ2) is 6.00. The molecule has 1 nitrogen and oxygen atoms in total. The minimum Gasteiger partial charge on any atom is -0.299 e. The van der Waals surface area contributed by atoms with Crippen LogP contribution in [0.1, 0.15) is 27.8 Å². The van der Waals surface area contributed by atoms with E-state index in [0.29, 0.717) is 12.8 Å². The third-order valence-corrected chi connectivity index (χ3v) is 3.58. The van der Waals surface area contributed by atoms with Crippen molar-refractivity contribution >= 4 is 5.78 Å². The minimum absolute atomic E-state index is 0.161. The fourth-order valence-electron chi connectivity index (χ4n) is 2.34. The number of benzene rings is 2. The molecule has 0 heterocycles. The van der Waals surface area contributed by atoms with Crippen LogP contribution in [-0.4, -0.2) is 5.78 Å². The highest BCUT2D eigenvalue weighted by molar-refractivity contribution is 5.83. The summed E-state index contributed by atoms with van der Waals surface area (Å²) in [5.74, 6) is -0.0957. The average molecular weight is 270 g/mol. The highest BCUT2D eigenvalue weighted by atomic mass is 19.1. The van der Waals surface area contributed by atoms with E-state index in [1.54, 1.807) is 6.07 Å². The zero-order chi connectivity index (χ0) is 14.7. The number of aryl methyl sites for hydroxylation is 3. The summed E-state index contributed by atoms with van der Waals surface area (Å²) in [6.45, 7) is 5.88. The largest absolute Gasteiger partial charge is 0.299 e. The highest BCUT2D eigenvalue weighted by Crippen LogP contribution is 2.15. The SMILES string of the molecule is Cc1ccc(C)c(CC(=O)Cc2ccc(F)cc2C)c1. The fourth-order valence-corrected chi connectivity index (χ4v) is 2.34. The molecule has 0 radical (unpaired) electrons. The summed E-state index contributed by atoms with van der Waals surface area (Å²) in [5, 5.41) is 0. The lowest BCUT2D eigenvalue weighted by Gasteiger charge is -2.08. The van der Waals surface area contributed by atoms with Crippen LogP contribution in [0.4, 0.5) is 4.39 Å². The molecule has 0 amide bonds. The Hall–Kier alpha value is -1.96. The number of Topliss-reactive ketones (excluding diaryl/α,β-unsaturated/α-hetero) is 1. The van der Waals surface area contributed by atoms with Crippen molar-refractivity contribution in [3.05, 3.63) is 70.0 Å². The Labute approximate surface area is 119 Å². The van der Waals surface area contributed by atoms with Gasteiger partial charge in [-0.2, -0.15) is 0 Å². The van der Waals surface area contributed by atoms with Gasteiger partial charge in [0.2, 0.25) is 0 Å². The van der Waals surface area contributed by atoms with Crippen LogP contribution < -0.4 is 0 Å². The molecule has 104 valence electrons. The van der Waals surface area contributed by atoms with Gasteiger partial charge in [0.15, 0.2) is 0 Å². The maximum atomic E-state index is 13.0. The third kappa shape index (κ3) is 3.53. The van der Waals surface area contributed by atoms with Crippen LogP contribution in [0, 0.1) is 26.6 Å². The molecule has 0 saturated heterocycles. The first-order chi connectivity index (χ1) is 9.45. The molecule has 0 N–H and O–H groups in total. The molecule has 0 aliphatic heterocycles. The van der Waals surface area contributed by atoms with E-state index in [-0.39, 0.29) is 11.6 Å². The predicted molar refractivity (Wildman–Crippen MR) is 79.5 cm³/mol. The molecule has 0 fully saturated rings. The van der Waals surface area contributed by atoms with E-state index in [1.165, 1.54) is 12.1 Å². The van der Waals surface area contributed by atoms with E-state index in [1.807, 2.05) is 32.9 Å². The van der Waals surface area contributed by atoms with Crippen LogP contribution in [0.15, 0.2) is 36.4 Å². The zero-order valence-corrected chi connectivity index (χ0v) is 12.2. The molecule has 2 rings (SSSR count). The van der Waals surface area contributed by atoms with E-state index in [4.69, 9.17) is 0 Å². The van der Waals surface area contributed by atoms with Crippen molar-refractivity contribution in [3.63, 3.8) is 0 Å². The Balaban J connectivity index is 2.11. The number of hydrogen-bond acceptors (Lipinski definition) is 1. The molecule has 0 aliphatic rings.